The Morgan fingerprint density at radius 1 is 1.00 bits per heavy atom. The number of anilines is 1. The summed E-state index contributed by atoms with van der Waals surface area (Å²) in [6.07, 6.45) is 0. The van der Waals surface area contributed by atoms with E-state index in [1.165, 1.54) is 11.3 Å². The molecular formula is C18H14N4O5S. The van der Waals surface area contributed by atoms with Gasteiger partial charge in [0.1, 0.15) is 0 Å². The molecule has 0 atom stereocenters. The lowest BCUT2D eigenvalue weighted by Crippen LogP contribution is -2.12. The number of benzene rings is 2. The Hall–Kier alpha value is -3.66. The summed E-state index contributed by atoms with van der Waals surface area (Å²) < 4.78 is 0. The molecule has 0 unspecified atom stereocenters. The number of aromatic nitrogens is 1. The number of carbonyl (C=O) groups is 1. The Balaban J connectivity index is 1.89. The molecule has 3 aromatic rings. The van der Waals surface area contributed by atoms with Crippen LogP contribution in [-0.4, -0.2) is 20.7 Å². The molecule has 0 saturated heterocycles. The van der Waals surface area contributed by atoms with Gasteiger partial charge in [-0.15, -0.1) is 11.3 Å². The molecule has 0 fully saturated rings. The fourth-order valence-electron chi connectivity index (χ4n) is 2.54. The third kappa shape index (κ3) is 4.01. The summed E-state index contributed by atoms with van der Waals surface area (Å²) >= 11 is 1.25. The van der Waals surface area contributed by atoms with Gasteiger partial charge in [-0.2, -0.15) is 0 Å². The van der Waals surface area contributed by atoms with Gasteiger partial charge in [-0.05, 0) is 13.8 Å². The van der Waals surface area contributed by atoms with Crippen molar-refractivity contribution in [3.05, 3.63) is 78.7 Å². The predicted octanol–water partition coefficient (Wildman–Crippen LogP) is 4.50. The molecular weight excluding hydrogens is 384 g/mol. The lowest BCUT2D eigenvalue weighted by Gasteiger charge is -2.02. The van der Waals surface area contributed by atoms with E-state index in [1.54, 1.807) is 0 Å². The lowest BCUT2D eigenvalue weighted by atomic mass is 10.1. The summed E-state index contributed by atoms with van der Waals surface area (Å²) in [4.78, 5) is 38.2. The van der Waals surface area contributed by atoms with Crippen LogP contribution in [0.25, 0.3) is 11.3 Å². The first kappa shape index (κ1) is 19.1. The van der Waals surface area contributed by atoms with E-state index in [-0.39, 0.29) is 5.56 Å². The summed E-state index contributed by atoms with van der Waals surface area (Å²) in [6, 6.07) is 10.5. The zero-order chi connectivity index (χ0) is 20.4. The van der Waals surface area contributed by atoms with E-state index in [4.69, 9.17) is 0 Å². The number of nitro groups is 2. The van der Waals surface area contributed by atoms with E-state index >= 15 is 0 Å². The number of hydrogen-bond donors (Lipinski definition) is 1. The fourth-order valence-corrected chi connectivity index (χ4v) is 3.37. The number of rotatable bonds is 5. The molecule has 142 valence electrons. The smallest absolute Gasteiger partial charge is 0.277 e. The molecule has 0 aliphatic carbocycles. The van der Waals surface area contributed by atoms with Crippen molar-refractivity contribution in [1.29, 1.82) is 0 Å². The van der Waals surface area contributed by atoms with Crippen LogP contribution in [0.4, 0.5) is 16.5 Å². The maximum absolute atomic E-state index is 12.5. The van der Waals surface area contributed by atoms with Crippen molar-refractivity contribution in [3.8, 4) is 11.3 Å². The largest absolute Gasteiger partial charge is 0.298 e. The Bertz CT molecular complexity index is 1060. The Labute approximate surface area is 163 Å². The number of amides is 1. The number of hydrogen-bond acceptors (Lipinski definition) is 7. The zero-order valence-corrected chi connectivity index (χ0v) is 15.6. The minimum absolute atomic E-state index is 0.189. The minimum atomic E-state index is -0.785. The van der Waals surface area contributed by atoms with Crippen LogP contribution < -0.4 is 5.32 Å². The van der Waals surface area contributed by atoms with Crippen molar-refractivity contribution in [2.24, 2.45) is 0 Å². The summed E-state index contributed by atoms with van der Waals surface area (Å²) in [5, 5.41) is 24.8. The zero-order valence-electron chi connectivity index (χ0n) is 14.8. The molecule has 0 aliphatic heterocycles. The predicted molar refractivity (Wildman–Crippen MR) is 105 cm³/mol. The Morgan fingerprint density at radius 2 is 1.57 bits per heavy atom. The van der Waals surface area contributed by atoms with Crippen molar-refractivity contribution in [2.75, 3.05) is 5.32 Å². The SMILES string of the molecule is Cc1ccc(-c2nc(NC(=O)c3cc([N+](=O)[O-])cc([N+](=O)[O-])c3)sc2C)cc1. The molecule has 2 aromatic carbocycles. The van der Waals surface area contributed by atoms with Crippen LogP contribution in [0.2, 0.25) is 0 Å². The van der Waals surface area contributed by atoms with E-state index in [1.807, 2.05) is 38.1 Å². The fraction of sp³-hybridized carbons (Fsp3) is 0.111. The van der Waals surface area contributed by atoms with E-state index in [2.05, 4.69) is 10.3 Å². The second-order valence-electron chi connectivity index (χ2n) is 6.00. The highest BCUT2D eigenvalue weighted by Gasteiger charge is 2.21. The maximum atomic E-state index is 12.5. The molecule has 10 heteroatoms. The van der Waals surface area contributed by atoms with E-state index in [0.29, 0.717) is 10.8 Å². The molecule has 1 aromatic heterocycles. The topological polar surface area (TPSA) is 128 Å². The van der Waals surface area contributed by atoms with Gasteiger partial charge >= 0.3 is 0 Å². The van der Waals surface area contributed by atoms with Gasteiger partial charge in [0.15, 0.2) is 5.13 Å². The molecule has 28 heavy (non-hydrogen) atoms. The van der Waals surface area contributed by atoms with Gasteiger partial charge in [-0.25, -0.2) is 4.98 Å². The van der Waals surface area contributed by atoms with Crippen molar-refractivity contribution in [1.82, 2.24) is 4.98 Å². The Morgan fingerprint density at radius 3 is 2.11 bits per heavy atom. The molecule has 0 bridgehead atoms. The number of nitrogens with zero attached hydrogens (tertiary/aromatic N) is 3. The van der Waals surface area contributed by atoms with Crippen LogP contribution in [0.1, 0.15) is 20.8 Å². The van der Waals surface area contributed by atoms with Gasteiger partial charge in [-0.1, -0.05) is 29.8 Å². The van der Waals surface area contributed by atoms with Gasteiger partial charge in [0, 0.05) is 22.6 Å². The molecule has 9 nitrogen and oxygen atoms in total. The van der Waals surface area contributed by atoms with Gasteiger partial charge < -0.3 is 0 Å². The molecule has 3 rings (SSSR count). The van der Waals surface area contributed by atoms with Crippen LogP contribution in [0.15, 0.2) is 42.5 Å². The van der Waals surface area contributed by atoms with Crippen LogP contribution in [0.5, 0.6) is 0 Å². The number of carbonyl (C=O) groups excluding carboxylic acids is 1. The van der Waals surface area contributed by atoms with Crippen LogP contribution in [-0.2, 0) is 0 Å². The summed E-state index contributed by atoms with van der Waals surface area (Å²) in [5.74, 6) is -0.712. The molecule has 1 amide bonds. The van der Waals surface area contributed by atoms with Gasteiger partial charge in [0.25, 0.3) is 17.3 Å². The van der Waals surface area contributed by atoms with Gasteiger partial charge in [0.05, 0.1) is 27.2 Å². The molecule has 0 aliphatic rings. The highest BCUT2D eigenvalue weighted by Crippen LogP contribution is 2.31. The summed E-state index contributed by atoms with van der Waals surface area (Å²) in [6.45, 7) is 3.84. The van der Waals surface area contributed by atoms with E-state index in [0.717, 1.165) is 34.2 Å². The molecule has 1 N–H and O–H groups in total. The molecule has 1 heterocycles. The first-order valence-electron chi connectivity index (χ1n) is 8.04. The normalized spacial score (nSPS) is 10.5. The van der Waals surface area contributed by atoms with Gasteiger partial charge in [-0.3, -0.25) is 30.3 Å². The first-order chi connectivity index (χ1) is 13.2. The standard InChI is InChI=1S/C18H14N4O5S/c1-10-3-5-12(6-4-10)16-11(2)28-18(19-16)20-17(23)13-7-14(21(24)25)9-15(8-13)22(26)27/h3-9H,1-2H3,(H,19,20,23). The summed E-state index contributed by atoms with van der Waals surface area (Å²) in [5.41, 5.74) is 1.46. The minimum Gasteiger partial charge on any atom is -0.298 e. The Kier molecular flexibility index (Phi) is 5.14. The number of thiazole rings is 1. The van der Waals surface area contributed by atoms with Crippen molar-refractivity contribution in [2.45, 2.75) is 13.8 Å². The monoisotopic (exact) mass is 398 g/mol. The first-order valence-corrected chi connectivity index (χ1v) is 8.86. The van der Waals surface area contributed by atoms with Gasteiger partial charge in [0.2, 0.25) is 0 Å². The lowest BCUT2D eigenvalue weighted by molar-refractivity contribution is -0.394. The van der Waals surface area contributed by atoms with E-state index in [9.17, 15) is 25.0 Å². The average molecular weight is 398 g/mol. The number of nitro benzene ring substituents is 2. The highest BCUT2D eigenvalue weighted by molar-refractivity contribution is 7.16. The number of aryl methyl sites for hydroxylation is 2. The van der Waals surface area contributed by atoms with Crippen molar-refractivity contribution in [3.63, 3.8) is 0 Å². The number of non-ortho nitro benzene ring substituents is 2. The molecule has 0 spiro atoms. The molecule has 0 saturated carbocycles. The highest BCUT2D eigenvalue weighted by atomic mass is 32.1. The maximum Gasteiger partial charge on any atom is 0.277 e. The summed E-state index contributed by atoms with van der Waals surface area (Å²) in [7, 11) is 0. The van der Waals surface area contributed by atoms with Crippen molar-refractivity contribution >= 4 is 33.8 Å². The van der Waals surface area contributed by atoms with Crippen LogP contribution in [0, 0.1) is 34.1 Å². The van der Waals surface area contributed by atoms with Crippen LogP contribution >= 0.6 is 11.3 Å². The second-order valence-corrected chi connectivity index (χ2v) is 7.20. The number of nitrogens with one attached hydrogen (secondary N) is 1. The third-order valence-corrected chi connectivity index (χ3v) is 4.81. The van der Waals surface area contributed by atoms with Crippen molar-refractivity contribution < 1.29 is 14.6 Å². The van der Waals surface area contributed by atoms with E-state index < -0.39 is 27.1 Å². The second kappa shape index (κ2) is 7.53. The molecule has 0 radical (unpaired) electrons. The average Bonchev–Trinajstić information content (AvgIpc) is 3.02. The third-order valence-electron chi connectivity index (χ3n) is 3.93. The quantitative estimate of drug-likeness (QED) is 0.498. The van der Waals surface area contributed by atoms with Crippen LogP contribution in [0.3, 0.4) is 0 Å².